The van der Waals surface area contributed by atoms with E-state index in [9.17, 15) is 19.2 Å². The molecule has 0 saturated heterocycles. The van der Waals surface area contributed by atoms with Gasteiger partial charge in [-0.2, -0.15) is 5.26 Å². The third-order valence-corrected chi connectivity index (χ3v) is 5.05. The van der Waals surface area contributed by atoms with Gasteiger partial charge in [0.2, 0.25) is 11.8 Å². The molecule has 2 aromatic rings. The Hall–Kier alpha value is -3.11. The van der Waals surface area contributed by atoms with E-state index in [1.807, 2.05) is 30.3 Å². The highest BCUT2D eigenvalue weighted by Crippen LogP contribution is 2.35. The Labute approximate surface area is 160 Å². The van der Waals surface area contributed by atoms with Crippen LogP contribution in [0.5, 0.6) is 0 Å². The molecule has 5 nitrogen and oxygen atoms in total. The van der Waals surface area contributed by atoms with Crippen LogP contribution in [0.4, 0.5) is 10.1 Å². The molecule has 2 N–H and O–H groups in total. The minimum absolute atomic E-state index is 0.0136. The molecule has 0 spiro atoms. The molecular formula is C20H16FN3O2S. The van der Waals surface area contributed by atoms with Crippen molar-refractivity contribution in [2.24, 2.45) is 0 Å². The molecule has 1 aliphatic heterocycles. The molecule has 7 heteroatoms. The average molecular weight is 381 g/mol. The fourth-order valence-corrected chi connectivity index (χ4v) is 3.65. The van der Waals surface area contributed by atoms with Crippen molar-refractivity contribution >= 4 is 29.3 Å². The fourth-order valence-electron chi connectivity index (χ4n) is 2.77. The van der Waals surface area contributed by atoms with E-state index in [1.54, 1.807) is 0 Å². The zero-order valence-corrected chi connectivity index (χ0v) is 15.1. The summed E-state index contributed by atoms with van der Waals surface area (Å²) in [5.74, 6) is -1.20. The quantitative estimate of drug-likeness (QED) is 0.830. The maximum Gasteiger partial charge on any atom is 0.234 e. The van der Waals surface area contributed by atoms with Crippen LogP contribution in [0.2, 0.25) is 0 Å². The standard InChI is InChI=1S/C20H16FN3O2S/c21-14-6-8-15(9-7-14)23-19(26)12-27-20-17(11-22)16(10-18(25)24-20)13-4-2-1-3-5-13/h1-9,16H,10,12H2,(H,23,26)(H,24,25)/t16-/m0/s1. The maximum absolute atomic E-state index is 12.9. The van der Waals surface area contributed by atoms with Crippen molar-refractivity contribution in [1.29, 1.82) is 5.26 Å². The van der Waals surface area contributed by atoms with Crippen molar-refractivity contribution in [2.75, 3.05) is 11.1 Å². The number of halogens is 1. The second-order valence-corrected chi connectivity index (χ2v) is 6.90. The highest BCUT2D eigenvalue weighted by atomic mass is 32.2. The molecule has 136 valence electrons. The van der Waals surface area contributed by atoms with E-state index in [-0.39, 0.29) is 35.7 Å². The number of rotatable bonds is 5. The largest absolute Gasteiger partial charge is 0.325 e. The van der Waals surface area contributed by atoms with Gasteiger partial charge in [0.15, 0.2) is 0 Å². The average Bonchev–Trinajstić information content (AvgIpc) is 2.68. The number of hydrogen-bond acceptors (Lipinski definition) is 4. The van der Waals surface area contributed by atoms with Crippen LogP contribution in [0.3, 0.4) is 0 Å². The predicted octanol–water partition coefficient (Wildman–Crippen LogP) is 3.54. The predicted molar refractivity (Wildman–Crippen MR) is 102 cm³/mol. The smallest absolute Gasteiger partial charge is 0.234 e. The van der Waals surface area contributed by atoms with Crippen LogP contribution in [-0.2, 0) is 9.59 Å². The Bertz CT molecular complexity index is 920. The van der Waals surface area contributed by atoms with E-state index in [0.717, 1.165) is 17.3 Å². The molecule has 1 heterocycles. The summed E-state index contributed by atoms with van der Waals surface area (Å²) in [4.78, 5) is 24.2. The van der Waals surface area contributed by atoms with Crippen molar-refractivity contribution < 1.29 is 14.0 Å². The van der Waals surface area contributed by atoms with Crippen molar-refractivity contribution in [3.05, 3.63) is 76.6 Å². The van der Waals surface area contributed by atoms with Gasteiger partial charge in [-0.15, -0.1) is 0 Å². The van der Waals surface area contributed by atoms with Crippen molar-refractivity contribution in [2.45, 2.75) is 12.3 Å². The minimum Gasteiger partial charge on any atom is -0.325 e. The summed E-state index contributed by atoms with van der Waals surface area (Å²) in [6.45, 7) is 0. The Balaban J connectivity index is 1.72. The van der Waals surface area contributed by atoms with Crippen LogP contribution in [0.15, 0.2) is 65.2 Å². The van der Waals surface area contributed by atoms with Gasteiger partial charge in [0.25, 0.3) is 0 Å². The molecule has 0 aromatic heterocycles. The highest BCUT2D eigenvalue weighted by molar-refractivity contribution is 8.03. The van der Waals surface area contributed by atoms with Gasteiger partial charge >= 0.3 is 0 Å². The van der Waals surface area contributed by atoms with E-state index in [1.165, 1.54) is 24.3 Å². The Morgan fingerprint density at radius 1 is 1.22 bits per heavy atom. The number of allylic oxidation sites excluding steroid dienone is 1. The van der Waals surface area contributed by atoms with Gasteiger partial charge in [0, 0.05) is 18.0 Å². The van der Waals surface area contributed by atoms with Gasteiger partial charge < -0.3 is 10.6 Å². The molecule has 0 fully saturated rings. The number of carbonyl (C=O) groups is 2. The molecule has 0 unspecified atom stereocenters. The first kappa shape index (κ1) is 18.7. The van der Waals surface area contributed by atoms with Crippen LogP contribution >= 0.6 is 11.8 Å². The molecule has 1 aliphatic rings. The van der Waals surface area contributed by atoms with Crippen molar-refractivity contribution in [3.63, 3.8) is 0 Å². The third-order valence-electron chi connectivity index (χ3n) is 4.03. The monoisotopic (exact) mass is 381 g/mol. The van der Waals surface area contributed by atoms with Crippen LogP contribution in [-0.4, -0.2) is 17.6 Å². The van der Waals surface area contributed by atoms with Crippen molar-refractivity contribution in [3.8, 4) is 6.07 Å². The SMILES string of the molecule is N#CC1=C(SCC(=O)Nc2ccc(F)cc2)NC(=O)C[C@H]1c1ccccc1. The first-order valence-corrected chi connectivity index (χ1v) is 9.22. The first-order valence-electron chi connectivity index (χ1n) is 8.24. The molecular weight excluding hydrogens is 365 g/mol. The maximum atomic E-state index is 12.9. The minimum atomic E-state index is -0.386. The molecule has 27 heavy (non-hydrogen) atoms. The van der Waals surface area contributed by atoms with Gasteiger partial charge in [0.05, 0.1) is 22.4 Å². The fraction of sp³-hybridized carbons (Fsp3) is 0.150. The summed E-state index contributed by atoms with van der Waals surface area (Å²) in [5.41, 5.74) is 1.81. The number of hydrogen-bond donors (Lipinski definition) is 2. The van der Waals surface area contributed by atoms with Gasteiger partial charge in [-0.3, -0.25) is 9.59 Å². The third kappa shape index (κ3) is 4.74. The van der Waals surface area contributed by atoms with Gasteiger partial charge in [-0.1, -0.05) is 42.1 Å². The summed E-state index contributed by atoms with van der Waals surface area (Å²) < 4.78 is 12.9. The molecule has 0 bridgehead atoms. The summed E-state index contributed by atoms with van der Waals surface area (Å²) in [6, 6.07) is 17.0. The first-order chi connectivity index (χ1) is 13.1. The lowest BCUT2D eigenvalue weighted by atomic mass is 9.87. The Morgan fingerprint density at radius 3 is 2.59 bits per heavy atom. The summed E-state index contributed by atoms with van der Waals surface area (Å²) in [5, 5.41) is 15.3. The second kappa shape index (κ2) is 8.52. The zero-order chi connectivity index (χ0) is 19.2. The van der Waals surface area contributed by atoms with Crippen LogP contribution in [0.25, 0.3) is 0 Å². The molecule has 2 amide bonds. The molecule has 0 aliphatic carbocycles. The number of thioether (sulfide) groups is 1. The summed E-state index contributed by atoms with van der Waals surface area (Å²) in [6.07, 6.45) is 0.193. The number of nitriles is 1. The summed E-state index contributed by atoms with van der Waals surface area (Å²) in [7, 11) is 0. The van der Waals surface area contributed by atoms with Gasteiger partial charge in [0.1, 0.15) is 5.82 Å². The van der Waals surface area contributed by atoms with Gasteiger partial charge in [-0.25, -0.2) is 4.39 Å². The van der Waals surface area contributed by atoms with Crippen LogP contribution < -0.4 is 10.6 Å². The van der Waals surface area contributed by atoms with Crippen molar-refractivity contribution in [1.82, 2.24) is 5.32 Å². The molecule has 0 radical (unpaired) electrons. The Morgan fingerprint density at radius 2 is 1.93 bits per heavy atom. The zero-order valence-electron chi connectivity index (χ0n) is 14.2. The summed E-state index contributed by atoms with van der Waals surface area (Å²) >= 11 is 1.10. The number of anilines is 1. The van der Waals surface area contributed by atoms with E-state index < -0.39 is 0 Å². The molecule has 1 atom stereocenters. The van der Waals surface area contributed by atoms with Crippen LogP contribution in [0.1, 0.15) is 17.9 Å². The topological polar surface area (TPSA) is 82.0 Å². The Kier molecular flexibility index (Phi) is 5.89. The number of amides is 2. The van der Waals surface area contributed by atoms with E-state index in [0.29, 0.717) is 16.3 Å². The number of nitrogens with one attached hydrogen (secondary N) is 2. The number of benzene rings is 2. The van der Waals surface area contributed by atoms with Crippen LogP contribution in [0, 0.1) is 17.1 Å². The second-order valence-electron chi connectivity index (χ2n) is 5.91. The lowest BCUT2D eigenvalue weighted by Crippen LogP contribution is -2.31. The molecule has 2 aromatic carbocycles. The molecule has 0 saturated carbocycles. The van der Waals surface area contributed by atoms with E-state index in [4.69, 9.17) is 0 Å². The lowest BCUT2D eigenvalue weighted by molar-refractivity contribution is -0.121. The highest BCUT2D eigenvalue weighted by Gasteiger charge is 2.29. The van der Waals surface area contributed by atoms with E-state index >= 15 is 0 Å². The number of carbonyl (C=O) groups excluding carboxylic acids is 2. The van der Waals surface area contributed by atoms with Gasteiger partial charge in [-0.05, 0) is 29.8 Å². The van der Waals surface area contributed by atoms with E-state index in [2.05, 4.69) is 16.7 Å². The number of nitrogens with zero attached hydrogens (tertiary/aromatic N) is 1. The molecule has 3 rings (SSSR count). The normalized spacial score (nSPS) is 16.4. The lowest BCUT2D eigenvalue weighted by Gasteiger charge is -2.25.